The number of carboxylic acids is 1. The van der Waals surface area contributed by atoms with Crippen LogP contribution in [0.3, 0.4) is 0 Å². The number of nitrogen functional groups attached to an aromatic ring is 1. The molecule has 9 N–H and O–H groups in total. The molecule has 1 aliphatic rings. The molecule has 228 valence electrons. The van der Waals surface area contributed by atoms with E-state index in [1.165, 1.54) is 26.0 Å². The number of nitrogens with one attached hydrogen (secondary N) is 3. The SMILES string of the molecule is CC1(C)[C@H](NC(=O)/C(=N\OC(COc2ccc(C(=N)NCCN)cc2)C(=O)O)c2nc(N)sc2Cl)C(=O)N1S(=O)(=O)O. The van der Waals surface area contributed by atoms with Gasteiger partial charge in [0.25, 0.3) is 17.9 Å². The summed E-state index contributed by atoms with van der Waals surface area (Å²) in [5, 5.41) is 26.2. The van der Waals surface area contributed by atoms with Crippen LogP contribution in [0.4, 0.5) is 5.13 Å². The molecular weight excluding hydrogens is 620 g/mol. The van der Waals surface area contributed by atoms with Crippen LogP contribution in [0.15, 0.2) is 29.4 Å². The fourth-order valence-corrected chi connectivity index (χ4v) is 5.67. The Morgan fingerprint density at radius 2 is 1.98 bits per heavy atom. The number of nitrogens with two attached hydrogens (primary N) is 2. The first-order valence-electron chi connectivity index (χ1n) is 11.8. The Hall–Kier alpha value is -4.04. The van der Waals surface area contributed by atoms with Gasteiger partial charge in [0.05, 0.1) is 5.54 Å². The smallest absolute Gasteiger partial charge is 0.362 e. The van der Waals surface area contributed by atoms with Crippen LogP contribution in [-0.4, -0.2) is 94.1 Å². The number of ether oxygens (including phenoxy) is 1. The number of carbonyl (C=O) groups excluding carboxylic acids is 2. The maximum Gasteiger partial charge on any atom is 0.362 e. The van der Waals surface area contributed by atoms with Crippen molar-refractivity contribution in [1.29, 1.82) is 5.41 Å². The summed E-state index contributed by atoms with van der Waals surface area (Å²) >= 11 is 6.90. The monoisotopic (exact) mass is 646 g/mol. The molecule has 2 amide bonds. The molecule has 1 aromatic heterocycles. The molecule has 2 atom stereocenters. The number of nitrogens with zero attached hydrogens (tertiary/aromatic N) is 3. The number of benzene rings is 1. The second kappa shape index (κ2) is 12.9. The minimum absolute atomic E-state index is 0.0685. The van der Waals surface area contributed by atoms with Gasteiger partial charge in [-0.3, -0.25) is 19.6 Å². The van der Waals surface area contributed by atoms with Crippen molar-refractivity contribution >= 4 is 67.7 Å². The van der Waals surface area contributed by atoms with E-state index in [0.717, 1.165) is 11.3 Å². The van der Waals surface area contributed by atoms with Crippen LogP contribution >= 0.6 is 22.9 Å². The number of rotatable bonds is 13. The van der Waals surface area contributed by atoms with Crippen molar-refractivity contribution in [2.24, 2.45) is 10.9 Å². The van der Waals surface area contributed by atoms with Crippen LogP contribution < -0.4 is 26.8 Å². The Balaban J connectivity index is 1.78. The lowest BCUT2D eigenvalue weighted by Crippen LogP contribution is -2.77. The highest BCUT2D eigenvalue weighted by Gasteiger charge is 2.60. The van der Waals surface area contributed by atoms with E-state index in [2.05, 4.69) is 20.8 Å². The van der Waals surface area contributed by atoms with Gasteiger partial charge in [0, 0.05) is 18.7 Å². The zero-order valence-corrected chi connectivity index (χ0v) is 24.4. The minimum Gasteiger partial charge on any atom is -0.489 e. The van der Waals surface area contributed by atoms with E-state index in [0.29, 0.717) is 18.7 Å². The average molecular weight is 647 g/mol. The summed E-state index contributed by atoms with van der Waals surface area (Å²) in [4.78, 5) is 46.4. The van der Waals surface area contributed by atoms with Crippen molar-refractivity contribution in [2.45, 2.75) is 31.5 Å². The number of β-lactam (4-membered cyclic amide) rings is 1. The number of amides is 2. The molecule has 1 fully saturated rings. The van der Waals surface area contributed by atoms with E-state index in [9.17, 15) is 32.5 Å². The molecule has 2 heterocycles. The molecule has 1 aromatic carbocycles. The summed E-state index contributed by atoms with van der Waals surface area (Å²) in [5.74, 6) is -3.39. The molecule has 0 bridgehead atoms. The van der Waals surface area contributed by atoms with E-state index < -0.39 is 58.1 Å². The lowest BCUT2D eigenvalue weighted by Gasteiger charge is -2.50. The second-order valence-electron chi connectivity index (χ2n) is 9.11. The highest BCUT2D eigenvalue weighted by Crippen LogP contribution is 2.34. The van der Waals surface area contributed by atoms with Crippen molar-refractivity contribution in [3.63, 3.8) is 0 Å². The lowest BCUT2D eigenvalue weighted by molar-refractivity contribution is -0.152. The average Bonchev–Trinajstić information content (AvgIpc) is 3.23. The van der Waals surface area contributed by atoms with Gasteiger partial charge in [-0.25, -0.2) is 14.1 Å². The quantitative estimate of drug-likeness (QED) is 0.0472. The molecular formula is C22H27ClN8O9S2. The number of aliphatic carboxylic acids is 1. The normalized spacial score (nSPS) is 17.2. The molecule has 20 heteroatoms. The number of anilines is 1. The highest BCUT2D eigenvalue weighted by atomic mass is 35.5. The molecule has 0 saturated carbocycles. The summed E-state index contributed by atoms with van der Waals surface area (Å²) in [7, 11) is -4.91. The number of hydrogen-bond acceptors (Lipinski definition) is 13. The number of aromatic nitrogens is 1. The third-order valence-electron chi connectivity index (χ3n) is 5.76. The minimum atomic E-state index is -4.91. The van der Waals surface area contributed by atoms with Crippen LogP contribution in [0.2, 0.25) is 4.34 Å². The molecule has 1 aliphatic heterocycles. The van der Waals surface area contributed by atoms with E-state index in [-0.39, 0.29) is 31.1 Å². The van der Waals surface area contributed by atoms with Crippen molar-refractivity contribution in [1.82, 2.24) is 19.9 Å². The fraction of sp³-hybridized carbons (Fsp3) is 0.364. The topological polar surface area (TPSA) is 273 Å². The van der Waals surface area contributed by atoms with Gasteiger partial charge < -0.3 is 36.8 Å². The first-order chi connectivity index (χ1) is 19.6. The van der Waals surface area contributed by atoms with Gasteiger partial charge in [0.15, 0.2) is 10.8 Å². The van der Waals surface area contributed by atoms with Crippen LogP contribution in [-0.2, 0) is 29.5 Å². The molecule has 0 radical (unpaired) electrons. The molecule has 0 spiro atoms. The highest BCUT2D eigenvalue weighted by molar-refractivity contribution is 7.84. The lowest BCUT2D eigenvalue weighted by atomic mass is 9.85. The fourth-order valence-electron chi connectivity index (χ4n) is 3.71. The van der Waals surface area contributed by atoms with Crippen LogP contribution in [0.25, 0.3) is 0 Å². The Bertz CT molecular complexity index is 1510. The van der Waals surface area contributed by atoms with Gasteiger partial charge in [-0.2, -0.15) is 8.42 Å². The molecule has 2 aromatic rings. The Morgan fingerprint density at radius 1 is 1.33 bits per heavy atom. The van der Waals surface area contributed by atoms with Gasteiger partial charge in [-0.05, 0) is 38.1 Å². The number of thiazole rings is 1. The summed E-state index contributed by atoms with van der Waals surface area (Å²) in [5.41, 5.74) is 9.08. The van der Waals surface area contributed by atoms with Gasteiger partial charge in [-0.1, -0.05) is 28.1 Å². The van der Waals surface area contributed by atoms with Gasteiger partial charge in [0.2, 0.25) is 0 Å². The standard InChI is InChI=1S/C22H27ClN8O9S2/c1-22(2)15(19(33)31(22)42(36,37)38)29-18(32)14(13-16(23)41-21(26)28-13)30-40-12(20(34)35)9-39-11-5-3-10(4-6-11)17(25)27-8-7-24/h3-6,12,15H,7-9,24H2,1-2H3,(H2,25,27)(H2,26,28)(H,29,32)(H,34,35)(H,36,37,38)/b30-14-/t12?,15-/m1/s1. The van der Waals surface area contributed by atoms with E-state index in [4.69, 9.17) is 38.1 Å². The number of amidine groups is 1. The molecule has 42 heavy (non-hydrogen) atoms. The van der Waals surface area contributed by atoms with E-state index >= 15 is 0 Å². The summed E-state index contributed by atoms with van der Waals surface area (Å²) in [6.45, 7) is 2.74. The summed E-state index contributed by atoms with van der Waals surface area (Å²) < 4.78 is 38.0. The van der Waals surface area contributed by atoms with Crippen molar-refractivity contribution in [2.75, 3.05) is 25.4 Å². The molecule has 17 nitrogen and oxygen atoms in total. The zero-order valence-electron chi connectivity index (χ0n) is 22.0. The first-order valence-corrected chi connectivity index (χ1v) is 14.4. The number of halogens is 1. The second-order valence-corrected chi connectivity index (χ2v) is 12.0. The van der Waals surface area contributed by atoms with E-state index in [1.807, 2.05) is 0 Å². The Kier molecular flexibility index (Phi) is 9.94. The van der Waals surface area contributed by atoms with Crippen molar-refractivity contribution in [3.05, 3.63) is 39.9 Å². The van der Waals surface area contributed by atoms with Crippen molar-refractivity contribution < 1.29 is 42.0 Å². The first kappa shape index (κ1) is 32.5. The zero-order chi connectivity index (χ0) is 31.4. The third-order valence-corrected chi connectivity index (χ3v) is 7.96. The van der Waals surface area contributed by atoms with Gasteiger partial charge in [-0.15, -0.1) is 0 Å². The Labute approximate surface area is 248 Å². The number of carbonyl (C=O) groups is 3. The molecule has 3 rings (SSSR count). The predicted octanol–water partition coefficient (Wildman–Crippen LogP) is -0.586. The largest absolute Gasteiger partial charge is 0.489 e. The third kappa shape index (κ3) is 7.23. The Morgan fingerprint density at radius 3 is 2.48 bits per heavy atom. The van der Waals surface area contributed by atoms with Gasteiger partial charge >= 0.3 is 16.3 Å². The van der Waals surface area contributed by atoms with Crippen molar-refractivity contribution in [3.8, 4) is 5.75 Å². The maximum absolute atomic E-state index is 13.2. The molecule has 0 aliphatic carbocycles. The molecule has 1 saturated heterocycles. The van der Waals surface area contributed by atoms with Crippen LogP contribution in [0, 0.1) is 5.41 Å². The summed E-state index contributed by atoms with van der Waals surface area (Å²) in [6.07, 6.45) is -1.75. The van der Waals surface area contributed by atoms with Crippen LogP contribution in [0.1, 0.15) is 25.1 Å². The number of oxime groups is 1. The van der Waals surface area contributed by atoms with Crippen LogP contribution in [0.5, 0.6) is 5.75 Å². The summed E-state index contributed by atoms with van der Waals surface area (Å²) in [6, 6.07) is 4.71. The number of carboxylic acid groups (broad SMARTS) is 1. The number of hydrogen-bond donors (Lipinski definition) is 7. The maximum atomic E-state index is 13.2. The predicted molar refractivity (Wildman–Crippen MR) is 151 cm³/mol. The molecule has 1 unspecified atom stereocenters. The van der Waals surface area contributed by atoms with E-state index in [1.54, 1.807) is 12.1 Å². The van der Waals surface area contributed by atoms with Gasteiger partial charge in [0.1, 0.15) is 34.3 Å².